The van der Waals surface area contributed by atoms with E-state index in [1.165, 1.54) is 0 Å². The van der Waals surface area contributed by atoms with E-state index >= 15 is 0 Å². The highest BCUT2D eigenvalue weighted by Crippen LogP contribution is 1.95. The number of carbonyl (C=O) groups is 1. The molecule has 3 N–H and O–H groups in total. The fourth-order valence-electron chi connectivity index (χ4n) is 1.23. The molecule has 0 saturated carbocycles. The van der Waals surface area contributed by atoms with Crippen molar-refractivity contribution in [3.8, 4) is 0 Å². The smallest absolute Gasteiger partial charge is 0.221 e. The largest absolute Gasteiger partial charge is 0.369 e. The molecular formula is C10H18N4O. The second-order valence-corrected chi connectivity index (χ2v) is 3.74. The second-order valence-electron chi connectivity index (χ2n) is 3.74. The molecule has 0 aliphatic carbocycles. The van der Waals surface area contributed by atoms with Crippen LogP contribution in [0.2, 0.25) is 0 Å². The number of hydrogen-bond donors (Lipinski definition) is 2. The van der Waals surface area contributed by atoms with Gasteiger partial charge in [0.15, 0.2) is 0 Å². The lowest BCUT2D eigenvalue weighted by molar-refractivity contribution is -0.121. The van der Waals surface area contributed by atoms with Gasteiger partial charge in [-0.15, -0.1) is 0 Å². The second kappa shape index (κ2) is 5.50. The Labute approximate surface area is 89.6 Å². The van der Waals surface area contributed by atoms with E-state index in [0.29, 0.717) is 6.54 Å². The Morgan fingerprint density at radius 1 is 1.73 bits per heavy atom. The molecule has 0 saturated heterocycles. The normalized spacial score (nSPS) is 12.7. The van der Waals surface area contributed by atoms with E-state index in [4.69, 9.17) is 5.73 Å². The number of amides is 1. The average molecular weight is 210 g/mol. The summed E-state index contributed by atoms with van der Waals surface area (Å²) in [5.41, 5.74) is 6.19. The highest BCUT2D eigenvalue weighted by atomic mass is 16.1. The van der Waals surface area contributed by atoms with Gasteiger partial charge >= 0.3 is 0 Å². The van der Waals surface area contributed by atoms with Crippen molar-refractivity contribution in [2.24, 2.45) is 18.7 Å². The molecule has 84 valence electrons. The first-order valence-electron chi connectivity index (χ1n) is 5.08. The molecule has 15 heavy (non-hydrogen) atoms. The van der Waals surface area contributed by atoms with Crippen molar-refractivity contribution in [3.05, 3.63) is 18.0 Å². The molecule has 0 radical (unpaired) electrons. The predicted octanol–water partition coefficient (Wildman–Crippen LogP) is -0.326. The Morgan fingerprint density at radius 2 is 2.47 bits per heavy atom. The fourth-order valence-corrected chi connectivity index (χ4v) is 1.23. The van der Waals surface area contributed by atoms with Gasteiger partial charge in [-0.1, -0.05) is 6.92 Å². The summed E-state index contributed by atoms with van der Waals surface area (Å²) in [6.45, 7) is 3.26. The van der Waals surface area contributed by atoms with Crippen LogP contribution in [0.3, 0.4) is 0 Å². The van der Waals surface area contributed by atoms with Crippen LogP contribution < -0.4 is 11.1 Å². The SMILES string of the molecule is CC(CNCCc1ccn(C)n1)C(N)=O. The highest BCUT2D eigenvalue weighted by Gasteiger charge is 2.07. The number of nitrogens with zero attached hydrogens (tertiary/aromatic N) is 2. The van der Waals surface area contributed by atoms with Gasteiger partial charge in [0.05, 0.1) is 5.69 Å². The van der Waals surface area contributed by atoms with Crippen molar-refractivity contribution in [1.29, 1.82) is 0 Å². The van der Waals surface area contributed by atoms with Crippen molar-refractivity contribution in [2.75, 3.05) is 13.1 Å². The first-order chi connectivity index (χ1) is 7.09. The molecule has 0 bridgehead atoms. The number of hydrogen-bond acceptors (Lipinski definition) is 3. The molecule has 0 spiro atoms. The summed E-state index contributed by atoms with van der Waals surface area (Å²) in [5.74, 6) is -0.380. The van der Waals surface area contributed by atoms with E-state index in [1.807, 2.05) is 26.2 Å². The number of carbonyl (C=O) groups excluding carboxylic acids is 1. The molecule has 1 unspecified atom stereocenters. The molecule has 0 aliphatic heterocycles. The Hall–Kier alpha value is -1.36. The van der Waals surface area contributed by atoms with Crippen LogP contribution >= 0.6 is 0 Å². The predicted molar refractivity (Wildman–Crippen MR) is 58.1 cm³/mol. The molecule has 0 aromatic carbocycles. The molecule has 1 amide bonds. The van der Waals surface area contributed by atoms with Gasteiger partial charge in [-0.25, -0.2) is 0 Å². The van der Waals surface area contributed by atoms with Crippen LogP contribution in [-0.4, -0.2) is 28.8 Å². The lowest BCUT2D eigenvalue weighted by Gasteiger charge is -2.07. The number of nitrogens with one attached hydrogen (secondary N) is 1. The van der Waals surface area contributed by atoms with Gasteiger partial charge in [0.2, 0.25) is 5.91 Å². The van der Waals surface area contributed by atoms with Gasteiger partial charge in [0, 0.05) is 38.7 Å². The van der Waals surface area contributed by atoms with Crippen molar-refractivity contribution < 1.29 is 4.79 Å². The first-order valence-corrected chi connectivity index (χ1v) is 5.08. The molecule has 5 nitrogen and oxygen atoms in total. The number of nitrogens with two attached hydrogens (primary N) is 1. The molecule has 0 aliphatic rings. The Morgan fingerprint density at radius 3 is 3.00 bits per heavy atom. The third-order valence-electron chi connectivity index (χ3n) is 2.26. The maximum Gasteiger partial charge on any atom is 0.221 e. The van der Waals surface area contributed by atoms with Gasteiger partial charge in [0.1, 0.15) is 0 Å². The maximum atomic E-state index is 10.7. The highest BCUT2D eigenvalue weighted by molar-refractivity contribution is 5.76. The maximum absolute atomic E-state index is 10.7. The first kappa shape index (κ1) is 11.7. The summed E-state index contributed by atoms with van der Waals surface area (Å²) in [6.07, 6.45) is 2.79. The summed E-state index contributed by atoms with van der Waals surface area (Å²) in [7, 11) is 1.89. The third-order valence-corrected chi connectivity index (χ3v) is 2.26. The molecule has 5 heteroatoms. The third kappa shape index (κ3) is 4.12. The molecule has 1 rings (SSSR count). The van der Waals surface area contributed by atoms with E-state index in [2.05, 4.69) is 10.4 Å². The van der Waals surface area contributed by atoms with Crippen LogP contribution in [0.4, 0.5) is 0 Å². The van der Waals surface area contributed by atoms with Gasteiger partial charge in [0.25, 0.3) is 0 Å². The fraction of sp³-hybridized carbons (Fsp3) is 0.600. The van der Waals surface area contributed by atoms with Crippen molar-refractivity contribution >= 4 is 5.91 Å². The molecule has 0 fully saturated rings. The van der Waals surface area contributed by atoms with Crippen molar-refractivity contribution in [1.82, 2.24) is 15.1 Å². The zero-order chi connectivity index (χ0) is 11.3. The number of rotatable bonds is 6. The van der Waals surface area contributed by atoms with Crippen LogP contribution in [0.15, 0.2) is 12.3 Å². The lowest BCUT2D eigenvalue weighted by atomic mass is 10.1. The van der Waals surface area contributed by atoms with Crippen LogP contribution in [0.25, 0.3) is 0 Å². The van der Waals surface area contributed by atoms with Crippen molar-refractivity contribution in [2.45, 2.75) is 13.3 Å². The monoisotopic (exact) mass is 210 g/mol. The van der Waals surface area contributed by atoms with E-state index < -0.39 is 0 Å². The molecule has 1 aromatic heterocycles. The topological polar surface area (TPSA) is 72.9 Å². The summed E-state index contributed by atoms with van der Waals surface area (Å²) in [4.78, 5) is 10.7. The van der Waals surface area contributed by atoms with Gasteiger partial charge in [-0.2, -0.15) is 5.10 Å². The molecule has 1 aromatic rings. The van der Waals surface area contributed by atoms with E-state index in [-0.39, 0.29) is 11.8 Å². The summed E-state index contributed by atoms with van der Waals surface area (Å²) >= 11 is 0. The Kier molecular flexibility index (Phi) is 4.30. The number of aryl methyl sites for hydroxylation is 1. The molecule has 1 atom stereocenters. The lowest BCUT2D eigenvalue weighted by Crippen LogP contribution is -2.31. The minimum Gasteiger partial charge on any atom is -0.369 e. The van der Waals surface area contributed by atoms with Crippen molar-refractivity contribution in [3.63, 3.8) is 0 Å². The minimum absolute atomic E-state index is 0.117. The van der Waals surface area contributed by atoms with Crippen LogP contribution in [0, 0.1) is 5.92 Å². The standard InChI is InChI=1S/C10H18N4O/c1-8(10(11)15)7-12-5-3-9-4-6-14(2)13-9/h4,6,8,12H,3,5,7H2,1-2H3,(H2,11,15). The summed E-state index contributed by atoms with van der Waals surface area (Å²) < 4.78 is 1.78. The zero-order valence-corrected chi connectivity index (χ0v) is 9.23. The van der Waals surface area contributed by atoms with E-state index in [9.17, 15) is 4.79 Å². The van der Waals surface area contributed by atoms with E-state index in [1.54, 1.807) is 4.68 Å². The van der Waals surface area contributed by atoms with Gasteiger partial charge in [-0.3, -0.25) is 9.48 Å². The Balaban J connectivity index is 2.14. The van der Waals surface area contributed by atoms with Gasteiger partial charge in [-0.05, 0) is 6.07 Å². The number of aromatic nitrogens is 2. The zero-order valence-electron chi connectivity index (χ0n) is 9.23. The minimum atomic E-state index is -0.264. The van der Waals surface area contributed by atoms with Crippen LogP contribution in [0.5, 0.6) is 0 Å². The summed E-state index contributed by atoms with van der Waals surface area (Å²) in [6, 6.07) is 1.99. The Bertz CT molecular complexity index is 321. The summed E-state index contributed by atoms with van der Waals surface area (Å²) in [5, 5.41) is 7.42. The van der Waals surface area contributed by atoms with Crippen LogP contribution in [0.1, 0.15) is 12.6 Å². The van der Waals surface area contributed by atoms with E-state index in [0.717, 1.165) is 18.7 Å². The quantitative estimate of drug-likeness (QED) is 0.632. The average Bonchev–Trinajstić information content (AvgIpc) is 2.58. The molecular weight excluding hydrogens is 192 g/mol. The van der Waals surface area contributed by atoms with Gasteiger partial charge < -0.3 is 11.1 Å². The van der Waals surface area contributed by atoms with Crippen LogP contribution in [-0.2, 0) is 18.3 Å². The molecule has 1 heterocycles. The number of primary amides is 1.